The Balaban J connectivity index is 1.94. The molecule has 5 nitrogen and oxygen atoms in total. The molecule has 3 N–H and O–H groups in total. The second kappa shape index (κ2) is 7.55. The number of rotatable bonds is 3. The average Bonchev–Trinajstić information content (AvgIpc) is 2.60. The summed E-state index contributed by atoms with van der Waals surface area (Å²) in [5.41, 5.74) is 0.132. The van der Waals surface area contributed by atoms with Gasteiger partial charge in [-0.3, -0.25) is 4.79 Å². The monoisotopic (exact) mass is 409 g/mol. The van der Waals surface area contributed by atoms with E-state index in [1.807, 2.05) is 0 Å². The van der Waals surface area contributed by atoms with E-state index >= 15 is 0 Å². The first-order valence-electron chi connectivity index (χ1n) is 8.17. The lowest BCUT2D eigenvalue weighted by Crippen LogP contribution is -2.46. The highest BCUT2D eigenvalue weighted by Crippen LogP contribution is 2.32. The van der Waals surface area contributed by atoms with Gasteiger partial charge in [-0.15, -0.1) is 0 Å². The van der Waals surface area contributed by atoms with Gasteiger partial charge in [0.15, 0.2) is 0 Å². The van der Waals surface area contributed by atoms with Crippen LogP contribution in [0.3, 0.4) is 0 Å². The maximum absolute atomic E-state index is 12.9. The Hall–Kier alpha value is -3.00. The molecule has 9 heteroatoms. The van der Waals surface area contributed by atoms with Crippen molar-refractivity contribution in [1.82, 2.24) is 10.6 Å². The molecule has 0 spiro atoms. The number of amides is 3. The maximum Gasteiger partial charge on any atom is 0.416 e. The summed E-state index contributed by atoms with van der Waals surface area (Å²) in [6.45, 7) is 1.54. The van der Waals surface area contributed by atoms with Crippen molar-refractivity contribution in [2.24, 2.45) is 0 Å². The minimum absolute atomic E-state index is 0.0122. The molecule has 0 saturated carbocycles. The molecule has 1 heterocycles. The van der Waals surface area contributed by atoms with Gasteiger partial charge in [-0.25, -0.2) is 4.79 Å². The number of hydrogen-bond donors (Lipinski definition) is 3. The van der Waals surface area contributed by atoms with Crippen LogP contribution < -0.4 is 16.0 Å². The molecule has 28 heavy (non-hydrogen) atoms. The van der Waals surface area contributed by atoms with E-state index in [4.69, 9.17) is 11.6 Å². The minimum atomic E-state index is -4.53. The summed E-state index contributed by atoms with van der Waals surface area (Å²) in [6, 6.07) is 9.61. The molecular formula is C19H15ClF3N3O2. The fraction of sp³-hybridized carbons (Fsp3) is 0.158. The zero-order valence-corrected chi connectivity index (χ0v) is 15.3. The topological polar surface area (TPSA) is 70.2 Å². The first-order valence-corrected chi connectivity index (χ1v) is 8.55. The van der Waals surface area contributed by atoms with Crippen LogP contribution >= 0.6 is 11.6 Å². The van der Waals surface area contributed by atoms with E-state index in [9.17, 15) is 22.8 Å². The van der Waals surface area contributed by atoms with Crippen LogP contribution in [-0.4, -0.2) is 11.9 Å². The fourth-order valence-corrected chi connectivity index (χ4v) is 3.10. The Bertz CT molecular complexity index is 973. The van der Waals surface area contributed by atoms with Gasteiger partial charge in [0.25, 0.3) is 5.91 Å². The molecule has 1 aliphatic heterocycles. The number of benzene rings is 2. The number of urea groups is 1. The molecule has 3 rings (SSSR count). The highest BCUT2D eigenvalue weighted by atomic mass is 35.5. The molecular weight excluding hydrogens is 395 g/mol. The van der Waals surface area contributed by atoms with Gasteiger partial charge in [0.05, 0.1) is 17.2 Å². The largest absolute Gasteiger partial charge is 0.416 e. The molecule has 0 fully saturated rings. The normalized spacial score (nSPS) is 17.0. The zero-order valence-electron chi connectivity index (χ0n) is 14.5. The maximum atomic E-state index is 12.9. The van der Waals surface area contributed by atoms with Crippen LogP contribution in [0.5, 0.6) is 0 Å². The SMILES string of the molecule is CC1=C(C(=O)Nc2cccc(C(F)(F)F)c2)C(c2cccc(Cl)c2)NC(=O)N1. The summed E-state index contributed by atoms with van der Waals surface area (Å²) in [7, 11) is 0. The lowest BCUT2D eigenvalue weighted by molar-refractivity contribution is -0.137. The fourth-order valence-electron chi connectivity index (χ4n) is 2.90. The number of nitrogens with one attached hydrogen (secondary N) is 3. The third kappa shape index (κ3) is 4.28. The predicted molar refractivity (Wildman–Crippen MR) is 98.6 cm³/mol. The van der Waals surface area contributed by atoms with E-state index in [-0.39, 0.29) is 11.3 Å². The first-order chi connectivity index (χ1) is 13.1. The summed E-state index contributed by atoms with van der Waals surface area (Å²) in [6.07, 6.45) is -4.53. The average molecular weight is 410 g/mol. The van der Waals surface area contributed by atoms with Crippen LogP contribution in [0.4, 0.5) is 23.7 Å². The Morgan fingerprint density at radius 3 is 2.54 bits per heavy atom. The van der Waals surface area contributed by atoms with E-state index < -0.39 is 29.7 Å². The number of hydrogen-bond acceptors (Lipinski definition) is 2. The Morgan fingerprint density at radius 1 is 1.14 bits per heavy atom. The van der Waals surface area contributed by atoms with Gasteiger partial charge in [-0.1, -0.05) is 29.8 Å². The highest BCUT2D eigenvalue weighted by Gasteiger charge is 2.33. The van der Waals surface area contributed by atoms with Crippen LogP contribution in [0.2, 0.25) is 5.02 Å². The standard InChI is InChI=1S/C19H15ClF3N3O2/c1-10-15(16(26-18(28)24-10)11-4-2-6-13(20)8-11)17(27)25-14-7-3-5-12(9-14)19(21,22)23/h2-9,16H,1H3,(H,25,27)(H2,24,26,28). The third-order valence-electron chi connectivity index (χ3n) is 4.14. The molecule has 0 bridgehead atoms. The van der Waals surface area contributed by atoms with E-state index in [1.54, 1.807) is 24.3 Å². The Morgan fingerprint density at radius 2 is 1.86 bits per heavy atom. The zero-order chi connectivity index (χ0) is 20.5. The summed E-state index contributed by atoms with van der Waals surface area (Å²) in [5, 5.41) is 8.02. The Kier molecular flexibility index (Phi) is 5.33. The molecule has 0 radical (unpaired) electrons. The van der Waals surface area contributed by atoms with Crippen LogP contribution in [-0.2, 0) is 11.0 Å². The van der Waals surface area contributed by atoms with Gasteiger partial charge in [-0.2, -0.15) is 13.2 Å². The smallest absolute Gasteiger partial charge is 0.327 e. The molecule has 1 unspecified atom stereocenters. The molecule has 0 aromatic heterocycles. The van der Waals surface area contributed by atoms with E-state index in [2.05, 4.69) is 16.0 Å². The molecule has 3 amide bonds. The van der Waals surface area contributed by atoms with E-state index in [1.165, 1.54) is 19.1 Å². The molecule has 1 atom stereocenters. The van der Waals surface area contributed by atoms with Crippen molar-refractivity contribution in [3.05, 3.63) is 76.0 Å². The first kappa shape index (κ1) is 19.8. The van der Waals surface area contributed by atoms with Crippen molar-refractivity contribution in [1.29, 1.82) is 0 Å². The lowest BCUT2D eigenvalue weighted by Gasteiger charge is -2.28. The van der Waals surface area contributed by atoms with Crippen LogP contribution in [0.1, 0.15) is 24.1 Å². The van der Waals surface area contributed by atoms with Crippen molar-refractivity contribution >= 4 is 29.2 Å². The number of carbonyl (C=O) groups is 2. The minimum Gasteiger partial charge on any atom is -0.327 e. The summed E-state index contributed by atoms with van der Waals surface area (Å²) < 4.78 is 38.7. The van der Waals surface area contributed by atoms with Crippen LogP contribution in [0.15, 0.2) is 59.8 Å². The molecule has 2 aromatic rings. The van der Waals surface area contributed by atoms with Gasteiger partial charge in [0.1, 0.15) is 0 Å². The molecule has 2 aromatic carbocycles. The predicted octanol–water partition coefficient (Wildman–Crippen LogP) is 4.63. The van der Waals surface area contributed by atoms with Crippen molar-refractivity contribution in [2.45, 2.75) is 19.1 Å². The number of anilines is 1. The number of alkyl halides is 3. The Labute approximate surface area is 163 Å². The summed E-state index contributed by atoms with van der Waals surface area (Å²) in [5.74, 6) is -0.644. The van der Waals surface area contributed by atoms with Crippen molar-refractivity contribution < 1.29 is 22.8 Å². The van der Waals surface area contributed by atoms with Crippen LogP contribution in [0.25, 0.3) is 0 Å². The quantitative estimate of drug-likeness (QED) is 0.692. The molecule has 146 valence electrons. The summed E-state index contributed by atoms with van der Waals surface area (Å²) >= 11 is 6.00. The van der Waals surface area contributed by atoms with Gasteiger partial charge in [0, 0.05) is 16.4 Å². The van der Waals surface area contributed by atoms with Gasteiger partial charge >= 0.3 is 12.2 Å². The molecule has 0 aliphatic carbocycles. The van der Waals surface area contributed by atoms with E-state index in [0.29, 0.717) is 16.3 Å². The molecule has 1 aliphatic rings. The lowest BCUT2D eigenvalue weighted by atomic mass is 9.95. The van der Waals surface area contributed by atoms with Gasteiger partial charge in [0.2, 0.25) is 0 Å². The number of allylic oxidation sites excluding steroid dienone is 1. The van der Waals surface area contributed by atoms with Crippen molar-refractivity contribution in [2.75, 3.05) is 5.32 Å². The second-order valence-corrected chi connectivity index (χ2v) is 6.59. The summed E-state index contributed by atoms with van der Waals surface area (Å²) in [4.78, 5) is 24.7. The third-order valence-corrected chi connectivity index (χ3v) is 4.38. The number of halogens is 4. The van der Waals surface area contributed by atoms with Crippen LogP contribution in [0, 0.1) is 0 Å². The van der Waals surface area contributed by atoms with E-state index in [0.717, 1.165) is 12.1 Å². The molecule has 0 saturated heterocycles. The van der Waals surface area contributed by atoms with Gasteiger partial charge in [-0.05, 0) is 42.8 Å². The van der Waals surface area contributed by atoms with Gasteiger partial charge < -0.3 is 16.0 Å². The second-order valence-electron chi connectivity index (χ2n) is 6.16. The van der Waals surface area contributed by atoms with Crippen molar-refractivity contribution in [3.8, 4) is 0 Å². The number of carbonyl (C=O) groups excluding carboxylic acids is 2. The highest BCUT2D eigenvalue weighted by molar-refractivity contribution is 6.30. The van der Waals surface area contributed by atoms with Crippen molar-refractivity contribution in [3.63, 3.8) is 0 Å².